The fourth-order valence-electron chi connectivity index (χ4n) is 4.19. The fraction of sp³-hybridized carbons (Fsp3) is 0.364. The number of sulfonamides is 1. The molecule has 0 aliphatic carbocycles. The molecule has 0 saturated carbocycles. The van der Waals surface area contributed by atoms with Crippen LogP contribution in [-0.2, 0) is 22.9 Å². The number of aryl methyl sites for hydroxylation is 1. The maximum absolute atomic E-state index is 12.3. The number of hydrogen-bond donors (Lipinski definition) is 2. The van der Waals surface area contributed by atoms with Crippen molar-refractivity contribution in [3.63, 3.8) is 0 Å². The summed E-state index contributed by atoms with van der Waals surface area (Å²) in [5.74, 6) is 0.166. The first-order valence-corrected chi connectivity index (χ1v) is 12.3. The van der Waals surface area contributed by atoms with Crippen LogP contribution in [0.1, 0.15) is 54.1 Å². The van der Waals surface area contributed by atoms with E-state index < -0.39 is 15.9 Å². The molecule has 1 unspecified atom stereocenters. The van der Waals surface area contributed by atoms with Crippen LogP contribution in [0.4, 0.5) is 5.69 Å². The van der Waals surface area contributed by atoms with Gasteiger partial charge in [-0.15, -0.1) is 5.10 Å². The topological polar surface area (TPSA) is 119 Å². The average molecular weight is 455 g/mol. The van der Waals surface area contributed by atoms with E-state index in [1.54, 1.807) is 16.8 Å². The lowest BCUT2D eigenvalue weighted by Crippen LogP contribution is -2.35. The molecule has 168 valence electrons. The normalized spacial score (nSPS) is 17.3. The Labute approximate surface area is 187 Å². The van der Waals surface area contributed by atoms with Crippen molar-refractivity contribution in [3.05, 3.63) is 65.0 Å². The summed E-state index contributed by atoms with van der Waals surface area (Å²) in [4.78, 5) is 12.3. The Morgan fingerprint density at radius 1 is 1.25 bits per heavy atom. The summed E-state index contributed by atoms with van der Waals surface area (Å²) in [6.07, 6.45) is 2.41. The van der Waals surface area contributed by atoms with E-state index in [1.807, 2.05) is 29.8 Å². The fourth-order valence-corrected chi connectivity index (χ4v) is 4.65. The van der Waals surface area contributed by atoms with Crippen LogP contribution in [0.25, 0.3) is 5.69 Å². The van der Waals surface area contributed by atoms with Crippen LogP contribution in [-0.4, -0.2) is 40.8 Å². The van der Waals surface area contributed by atoms with E-state index in [1.165, 1.54) is 0 Å². The average Bonchev–Trinajstić information content (AvgIpc) is 3.20. The smallest absolute Gasteiger partial charge is 0.264 e. The van der Waals surface area contributed by atoms with Gasteiger partial charge in [-0.2, -0.15) is 4.68 Å². The van der Waals surface area contributed by atoms with Gasteiger partial charge in [-0.05, 0) is 63.7 Å². The minimum atomic E-state index is -3.62. The van der Waals surface area contributed by atoms with Gasteiger partial charge < -0.3 is 5.32 Å². The van der Waals surface area contributed by atoms with Gasteiger partial charge in [0.15, 0.2) is 5.82 Å². The number of carbonyl (C=O) groups is 1. The largest absolute Gasteiger partial charge is 0.377 e. The minimum Gasteiger partial charge on any atom is -0.377 e. The highest BCUT2D eigenvalue weighted by atomic mass is 32.2. The number of rotatable bonds is 5. The van der Waals surface area contributed by atoms with Gasteiger partial charge in [0.1, 0.15) is 0 Å². The predicted molar refractivity (Wildman–Crippen MR) is 121 cm³/mol. The molecule has 0 bridgehead atoms. The molecule has 1 aliphatic rings. The maximum atomic E-state index is 12.3. The standard InChI is InChI=1S/C22H26N6O3S/c1-5-19-24-26-27-28(19)17-8-6-7-14(12-17)20-22(2,3)13-16-11-15(9-10-18(16)23-20)21(29)25-32(4,30)31/h6-12,20,23H,5,13H2,1-4H3,(H,25,29). The predicted octanol–water partition coefficient (Wildman–Crippen LogP) is 2.65. The highest BCUT2D eigenvalue weighted by Gasteiger charge is 2.36. The van der Waals surface area contributed by atoms with E-state index in [-0.39, 0.29) is 11.5 Å². The van der Waals surface area contributed by atoms with Crippen molar-refractivity contribution in [3.8, 4) is 5.69 Å². The third-order valence-electron chi connectivity index (χ3n) is 5.67. The van der Waals surface area contributed by atoms with Crippen LogP contribution in [0.2, 0.25) is 0 Å². The van der Waals surface area contributed by atoms with E-state index in [2.05, 4.69) is 46.8 Å². The second-order valence-electron chi connectivity index (χ2n) is 8.77. The summed E-state index contributed by atoms with van der Waals surface area (Å²) in [6, 6.07) is 13.4. The van der Waals surface area contributed by atoms with Crippen LogP contribution < -0.4 is 10.0 Å². The molecule has 2 aromatic carbocycles. The summed E-state index contributed by atoms with van der Waals surface area (Å²) in [7, 11) is -3.62. The number of amides is 1. The highest BCUT2D eigenvalue weighted by molar-refractivity contribution is 7.89. The number of tetrazole rings is 1. The molecule has 1 atom stereocenters. The zero-order valence-corrected chi connectivity index (χ0v) is 19.3. The Balaban J connectivity index is 1.65. The number of aromatic nitrogens is 4. The Kier molecular flexibility index (Phi) is 5.49. The van der Waals surface area contributed by atoms with E-state index in [4.69, 9.17) is 0 Å². The first-order valence-electron chi connectivity index (χ1n) is 10.4. The zero-order chi connectivity index (χ0) is 23.1. The van der Waals surface area contributed by atoms with E-state index in [9.17, 15) is 13.2 Å². The van der Waals surface area contributed by atoms with E-state index in [0.717, 1.165) is 47.4 Å². The molecule has 1 amide bonds. The number of hydrogen-bond acceptors (Lipinski definition) is 7. The monoisotopic (exact) mass is 454 g/mol. The van der Waals surface area contributed by atoms with Crippen LogP contribution in [0.3, 0.4) is 0 Å². The van der Waals surface area contributed by atoms with Crippen molar-refractivity contribution in [2.75, 3.05) is 11.6 Å². The van der Waals surface area contributed by atoms with Gasteiger partial charge in [-0.1, -0.05) is 32.9 Å². The molecule has 2 heterocycles. The van der Waals surface area contributed by atoms with Gasteiger partial charge in [0.25, 0.3) is 5.91 Å². The van der Waals surface area contributed by atoms with Gasteiger partial charge >= 0.3 is 0 Å². The summed E-state index contributed by atoms with van der Waals surface area (Å²) in [5.41, 5.74) is 4.05. The Morgan fingerprint density at radius 2 is 2.03 bits per heavy atom. The van der Waals surface area contributed by atoms with Crippen molar-refractivity contribution in [1.82, 2.24) is 24.9 Å². The van der Waals surface area contributed by atoms with Gasteiger partial charge in [0.05, 0.1) is 18.0 Å². The van der Waals surface area contributed by atoms with Crippen molar-refractivity contribution in [1.29, 1.82) is 0 Å². The van der Waals surface area contributed by atoms with Crippen molar-refractivity contribution in [2.24, 2.45) is 5.41 Å². The van der Waals surface area contributed by atoms with Gasteiger partial charge in [0, 0.05) is 17.7 Å². The number of fused-ring (bicyclic) bond motifs is 1. The lowest BCUT2D eigenvalue weighted by molar-refractivity contribution is 0.0981. The van der Waals surface area contributed by atoms with E-state index >= 15 is 0 Å². The molecule has 0 radical (unpaired) electrons. The molecule has 0 saturated heterocycles. The number of nitrogens with zero attached hydrogens (tertiary/aromatic N) is 4. The van der Waals surface area contributed by atoms with Crippen molar-refractivity contribution in [2.45, 2.75) is 39.7 Å². The van der Waals surface area contributed by atoms with Crippen LogP contribution in [0, 0.1) is 5.41 Å². The van der Waals surface area contributed by atoms with Gasteiger partial charge in [-0.25, -0.2) is 13.1 Å². The molecule has 0 spiro atoms. The molecular formula is C22H26N6O3S. The molecule has 0 fully saturated rings. The third kappa shape index (κ3) is 4.36. The summed E-state index contributed by atoms with van der Waals surface area (Å²) in [5, 5.41) is 15.6. The Hall–Kier alpha value is -3.27. The molecule has 2 N–H and O–H groups in total. The first kappa shape index (κ1) is 21.9. The Bertz CT molecular complexity index is 1280. The minimum absolute atomic E-state index is 0.0206. The quantitative estimate of drug-likeness (QED) is 0.608. The van der Waals surface area contributed by atoms with Crippen molar-refractivity contribution < 1.29 is 13.2 Å². The summed E-state index contributed by atoms with van der Waals surface area (Å²) >= 11 is 0. The lowest BCUT2D eigenvalue weighted by atomic mass is 9.72. The zero-order valence-electron chi connectivity index (χ0n) is 18.5. The van der Waals surface area contributed by atoms with Crippen LogP contribution in [0.5, 0.6) is 0 Å². The lowest BCUT2D eigenvalue weighted by Gasteiger charge is -2.41. The van der Waals surface area contributed by atoms with Crippen molar-refractivity contribution >= 4 is 21.6 Å². The highest BCUT2D eigenvalue weighted by Crippen LogP contribution is 2.45. The number of benzene rings is 2. The molecule has 10 heteroatoms. The third-order valence-corrected chi connectivity index (χ3v) is 6.23. The maximum Gasteiger partial charge on any atom is 0.264 e. The van der Waals surface area contributed by atoms with Crippen LogP contribution in [0.15, 0.2) is 42.5 Å². The molecular weight excluding hydrogens is 428 g/mol. The molecule has 4 rings (SSSR count). The first-order chi connectivity index (χ1) is 15.1. The summed E-state index contributed by atoms with van der Waals surface area (Å²) in [6.45, 7) is 6.34. The molecule has 32 heavy (non-hydrogen) atoms. The molecule has 1 aromatic heterocycles. The Morgan fingerprint density at radius 3 is 2.75 bits per heavy atom. The molecule has 3 aromatic rings. The summed E-state index contributed by atoms with van der Waals surface area (Å²) < 4.78 is 26.6. The molecule has 9 nitrogen and oxygen atoms in total. The number of anilines is 1. The van der Waals surface area contributed by atoms with Gasteiger partial charge in [0.2, 0.25) is 10.0 Å². The van der Waals surface area contributed by atoms with Crippen LogP contribution >= 0.6 is 0 Å². The second-order valence-corrected chi connectivity index (χ2v) is 10.5. The number of carbonyl (C=O) groups excluding carboxylic acids is 1. The second kappa shape index (κ2) is 8.01. The van der Waals surface area contributed by atoms with E-state index in [0.29, 0.717) is 5.56 Å². The van der Waals surface area contributed by atoms with Gasteiger partial charge in [-0.3, -0.25) is 4.79 Å². The SMILES string of the molecule is CCc1nnnn1-c1cccc(C2Nc3ccc(C(=O)NS(C)(=O)=O)cc3CC2(C)C)c1. The number of nitrogens with one attached hydrogen (secondary N) is 2. The molecule has 1 aliphatic heterocycles.